The second-order valence-electron chi connectivity index (χ2n) is 4.71. The molecule has 1 unspecified atom stereocenters. The van der Waals surface area contributed by atoms with E-state index in [1.807, 2.05) is 13.8 Å². The van der Waals surface area contributed by atoms with Gasteiger partial charge in [-0.15, -0.1) is 0 Å². The van der Waals surface area contributed by atoms with Gasteiger partial charge in [-0.05, 0) is 19.3 Å². The number of rotatable bonds is 7. The summed E-state index contributed by atoms with van der Waals surface area (Å²) in [4.78, 5) is 33.0. The lowest BCUT2D eigenvalue weighted by molar-refractivity contribution is -0.139. The van der Waals surface area contributed by atoms with Crippen LogP contribution in [-0.2, 0) is 9.59 Å². The minimum absolute atomic E-state index is 0.00926. The fraction of sp³-hybridized carbons (Fsp3) is 0.727. The van der Waals surface area contributed by atoms with Crippen LogP contribution >= 0.6 is 0 Å². The molecule has 0 saturated carbocycles. The van der Waals surface area contributed by atoms with Crippen molar-refractivity contribution in [3.05, 3.63) is 0 Å². The van der Waals surface area contributed by atoms with E-state index in [0.29, 0.717) is 6.42 Å². The summed E-state index contributed by atoms with van der Waals surface area (Å²) in [5.74, 6) is -1.46. The first kappa shape index (κ1) is 16.2. The Hall–Kier alpha value is -1.79. The van der Waals surface area contributed by atoms with Crippen LogP contribution in [0.25, 0.3) is 0 Å². The molecule has 0 radical (unpaired) electrons. The summed E-state index contributed by atoms with van der Waals surface area (Å²) in [5, 5.41) is 13.7. The highest BCUT2D eigenvalue weighted by Crippen LogP contribution is 2.04. The maximum atomic E-state index is 11.5. The molecule has 0 aliphatic heterocycles. The highest BCUT2D eigenvalue weighted by Gasteiger charge is 2.21. The van der Waals surface area contributed by atoms with Crippen LogP contribution in [0.5, 0.6) is 0 Å². The molecule has 104 valence electrons. The molecule has 0 aromatic rings. The lowest BCUT2D eigenvalue weighted by atomic mass is 10.0. The van der Waals surface area contributed by atoms with Crippen LogP contribution in [0.2, 0.25) is 0 Å². The van der Waals surface area contributed by atoms with Gasteiger partial charge in [0.05, 0.1) is 0 Å². The maximum absolute atomic E-state index is 11.5. The Kier molecular flexibility index (Phi) is 6.77. The summed E-state index contributed by atoms with van der Waals surface area (Å²) in [5.41, 5.74) is 4.98. The normalized spacial score (nSPS) is 13.8. The summed E-state index contributed by atoms with van der Waals surface area (Å²) < 4.78 is 0. The number of carbonyl (C=O) groups excluding carboxylic acids is 2. The van der Waals surface area contributed by atoms with Crippen molar-refractivity contribution in [2.45, 2.75) is 45.7 Å². The first-order valence-electron chi connectivity index (χ1n) is 5.80. The van der Waals surface area contributed by atoms with Gasteiger partial charge >= 0.3 is 12.0 Å². The molecule has 0 rings (SSSR count). The number of amides is 3. The van der Waals surface area contributed by atoms with E-state index in [1.165, 1.54) is 0 Å². The molecule has 0 spiro atoms. The average Bonchev–Trinajstić information content (AvgIpc) is 2.13. The van der Waals surface area contributed by atoms with E-state index in [9.17, 15) is 14.4 Å². The molecule has 7 heteroatoms. The molecule has 7 nitrogen and oxygen atoms in total. The zero-order valence-corrected chi connectivity index (χ0v) is 10.9. The number of nitrogens with two attached hydrogens (primary N) is 1. The van der Waals surface area contributed by atoms with Crippen molar-refractivity contribution in [1.29, 1.82) is 0 Å². The number of nitrogens with one attached hydrogen (secondary N) is 2. The third kappa shape index (κ3) is 7.48. The average molecular weight is 259 g/mol. The molecule has 5 N–H and O–H groups in total. The molecule has 0 aromatic heterocycles. The lowest BCUT2D eigenvalue weighted by Gasteiger charge is -2.18. The van der Waals surface area contributed by atoms with E-state index in [2.05, 4.69) is 10.6 Å². The molecule has 0 heterocycles. The Bertz CT molecular complexity index is 317. The first-order chi connectivity index (χ1) is 8.22. The highest BCUT2D eigenvalue weighted by atomic mass is 16.4. The largest absolute Gasteiger partial charge is 0.480 e. The van der Waals surface area contributed by atoms with Gasteiger partial charge in [-0.1, -0.05) is 13.8 Å². The second-order valence-corrected chi connectivity index (χ2v) is 4.71. The predicted molar refractivity (Wildman–Crippen MR) is 65.8 cm³/mol. The Morgan fingerprint density at radius 3 is 2.11 bits per heavy atom. The minimum atomic E-state index is -1.08. The molecular weight excluding hydrogens is 238 g/mol. The van der Waals surface area contributed by atoms with Crippen LogP contribution in [0.1, 0.15) is 33.6 Å². The molecule has 2 atom stereocenters. The fourth-order valence-corrected chi connectivity index (χ4v) is 1.47. The molecule has 0 aliphatic rings. The second kappa shape index (κ2) is 7.52. The third-order valence-corrected chi connectivity index (χ3v) is 2.20. The number of urea groups is 1. The highest BCUT2D eigenvalue weighted by molar-refractivity contribution is 5.83. The zero-order chi connectivity index (χ0) is 14.3. The van der Waals surface area contributed by atoms with Crippen LogP contribution in [0.15, 0.2) is 0 Å². The first-order valence-corrected chi connectivity index (χ1v) is 5.80. The van der Waals surface area contributed by atoms with Crippen molar-refractivity contribution < 1.29 is 19.5 Å². The van der Waals surface area contributed by atoms with Crippen LogP contribution < -0.4 is 16.4 Å². The van der Waals surface area contributed by atoms with E-state index >= 15 is 0 Å². The van der Waals surface area contributed by atoms with Crippen molar-refractivity contribution in [3.63, 3.8) is 0 Å². The van der Waals surface area contributed by atoms with E-state index in [0.717, 1.165) is 0 Å². The molecule has 3 amide bonds. The Morgan fingerprint density at radius 1 is 1.17 bits per heavy atom. The van der Waals surface area contributed by atoms with E-state index in [1.54, 1.807) is 6.92 Å². The van der Waals surface area contributed by atoms with Crippen molar-refractivity contribution in [2.24, 2.45) is 11.7 Å². The van der Waals surface area contributed by atoms with Gasteiger partial charge < -0.3 is 21.5 Å². The Balaban J connectivity index is 4.25. The third-order valence-electron chi connectivity index (χ3n) is 2.20. The molecule has 0 aliphatic carbocycles. The van der Waals surface area contributed by atoms with E-state index in [4.69, 9.17) is 10.8 Å². The molecule has 0 saturated heterocycles. The SMILES string of the molecule is CC(C)C[C@H](NC(=O)NC(C)CC(N)=O)C(=O)O. The number of hydrogen-bond acceptors (Lipinski definition) is 3. The topological polar surface area (TPSA) is 122 Å². The van der Waals surface area contributed by atoms with Crippen molar-refractivity contribution in [3.8, 4) is 0 Å². The summed E-state index contributed by atoms with van der Waals surface area (Å²) in [7, 11) is 0. The van der Waals surface area contributed by atoms with Gasteiger partial charge in [0.25, 0.3) is 0 Å². The van der Waals surface area contributed by atoms with E-state index < -0.39 is 30.0 Å². The van der Waals surface area contributed by atoms with Crippen molar-refractivity contribution in [1.82, 2.24) is 10.6 Å². The van der Waals surface area contributed by atoms with Gasteiger partial charge in [-0.25, -0.2) is 9.59 Å². The number of hydrogen-bond donors (Lipinski definition) is 4. The van der Waals surface area contributed by atoms with Crippen LogP contribution in [0, 0.1) is 5.92 Å². The minimum Gasteiger partial charge on any atom is -0.480 e. The van der Waals surface area contributed by atoms with Crippen molar-refractivity contribution >= 4 is 17.9 Å². The monoisotopic (exact) mass is 259 g/mol. The van der Waals surface area contributed by atoms with Crippen LogP contribution in [-0.4, -0.2) is 35.1 Å². The quantitative estimate of drug-likeness (QED) is 0.516. The molecule has 0 bridgehead atoms. The number of carboxylic acid groups (broad SMARTS) is 1. The van der Waals surface area contributed by atoms with Gasteiger partial charge in [0.15, 0.2) is 0 Å². The molecular formula is C11H21N3O4. The van der Waals surface area contributed by atoms with Crippen LogP contribution in [0.3, 0.4) is 0 Å². The van der Waals surface area contributed by atoms with Gasteiger partial charge in [-0.2, -0.15) is 0 Å². The summed E-state index contributed by atoms with van der Waals surface area (Å²) >= 11 is 0. The number of carboxylic acids is 1. The smallest absolute Gasteiger partial charge is 0.326 e. The number of carbonyl (C=O) groups is 3. The van der Waals surface area contributed by atoms with Gasteiger partial charge in [0, 0.05) is 12.5 Å². The predicted octanol–water partition coefficient (Wildman–Crippen LogP) is 0.0488. The Labute approximate surface area is 106 Å². The number of primary amides is 1. The Morgan fingerprint density at radius 2 is 1.72 bits per heavy atom. The maximum Gasteiger partial charge on any atom is 0.326 e. The summed E-state index contributed by atoms with van der Waals surface area (Å²) in [6.45, 7) is 5.35. The summed E-state index contributed by atoms with van der Waals surface area (Å²) in [6, 6.07) is -1.99. The fourth-order valence-electron chi connectivity index (χ4n) is 1.47. The van der Waals surface area contributed by atoms with Crippen molar-refractivity contribution in [2.75, 3.05) is 0 Å². The standard InChI is InChI=1S/C11H21N3O4/c1-6(2)4-8(10(16)17)14-11(18)13-7(3)5-9(12)15/h6-8H,4-5H2,1-3H3,(H2,12,15)(H,16,17)(H2,13,14,18)/t7?,8-/m0/s1. The molecule has 0 aromatic carbocycles. The number of aliphatic carboxylic acids is 1. The summed E-state index contributed by atoms with van der Waals surface area (Å²) in [6.07, 6.45) is 0.349. The molecule has 0 fully saturated rings. The van der Waals surface area contributed by atoms with Gasteiger partial charge in [0.2, 0.25) is 5.91 Å². The van der Waals surface area contributed by atoms with Gasteiger partial charge in [-0.3, -0.25) is 4.79 Å². The lowest BCUT2D eigenvalue weighted by Crippen LogP contribution is -2.49. The van der Waals surface area contributed by atoms with Crippen LogP contribution in [0.4, 0.5) is 4.79 Å². The molecule has 18 heavy (non-hydrogen) atoms. The zero-order valence-electron chi connectivity index (χ0n) is 10.9. The van der Waals surface area contributed by atoms with E-state index in [-0.39, 0.29) is 12.3 Å². The van der Waals surface area contributed by atoms with Gasteiger partial charge in [0.1, 0.15) is 6.04 Å².